The monoisotopic (exact) mass is 373 g/mol. The predicted molar refractivity (Wildman–Crippen MR) is 99.9 cm³/mol. The fraction of sp³-hybridized carbons (Fsp3) is 0.333. The number of hydrogen-bond donors (Lipinski definition) is 1. The van der Waals surface area contributed by atoms with Crippen molar-refractivity contribution >= 4 is 12.4 Å². The second kappa shape index (κ2) is 11.1. The number of ether oxygens (including phenoxy) is 2. The molecule has 0 bridgehead atoms. The van der Waals surface area contributed by atoms with Crippen molar-refractivity contribution in [1.82, 2.24) is 5.32 Å². The lowest BCUT2D eigenvalue weighted by atomic mass is 9.91. The van der Waals surface area contributed by atoms with E-state index in [0.717, 1.165) is 37.1 Å². The van der Waals surface area contributed by atoms with Gasteiger partial charge in [0.05, 0.1) is 12.7 Å². The van der Waals surface area contributed by atoms with Gasteiger partial charge in [0.2, 0.25) is 0 Å². The van der Waals surface area contributed by atoms with Crippen LogP contribution >= 0.6 is 0 Å². The Labute approximate surface area is 158 Å². The van der Waals surface area contributed by atoms with Crippen molar-refractivity contribution in [2.75, 3.05) is 20.2 Å². The molecule has 1 aliphatic heterocycles. The molecule has 0 saturated carbocycles. The Balaban J connectivity index is 0.000000223. The van der Waals surface area contributed by atoms with E-state index >= 15 is 0 Å². The number of methoxy groups -OCH3 is 1. The molecule has 6 heteroatoms. The van der Waals surface area contributed by atoms with Crippen LogP contribution in [0.2, 0.25) is 0 Å². The summed E-state index contributed by atoms with van der Waals surface area (Å²) in [7, 11) is 1.25. The zero-order valence-corrected chi connectivity index (χ0v) is 15.3. The summed E-state index contributed by atoms with van der Waals surface area (Å²) in [5.41, 5.74) is 1.96. The Morgan fingerprint density at radius 3 is 2.63 bits per heavy atom. The molecule has 1 heterocycles. The molecule has 0 spiro atoms. The van der Waals surface area contributed by atoms with Crippen LogP contribution in [0.4, 0.5) is 4.39 Å². The summed E-state index contributed by atoms with van der Waals surface area (Å²) in [5, 5.41) is 3.29. The highest BCUT2D eigenvalue weighted by atomic mass is 19.1. The van der Waals surface area contributed by atoms with Crippen molar-refractivity contribution in [3.63, 3.8) is 0 Å². The van der Waals surface area contributed by atoms with Crippen LogP contribution in [0.5, 0.6) is 0 Å². The van der Waals surface area contributed by atoms with Gasteiger partial charge in [-0.05, 0) is 48.6 Å². The number of esters is 1. The van der Waals surface area contributed by atoms with E-state index in [1.54, 1.807) is 0 Å². The number of rotatable bonds is 5. The molecule has 5 nitrogen and oxygen atoms in total. The fourth-order valence-electron chi connectivity index (χ4n) is 2.90. The van der Waals surface area contributed by atoms with Gasteiger partial charge >= 0.3 is 5.97 Å². The van der Waals surface area contributed by atoms with Crippen molar-refractivity contribution < 1.29 is 23.5 Å². The van der Waals surface area contributed by atoms with Gasteiger partial charge in [-0.3, -0.25) is 4.79 Å². The smallest absolute Gasteiger partial charge is 0.340 e. The molecule has 1 atom stereocenters. The molecule has 0 aromatic heterocycles. The Morgan fingerprint density at radius 2 is 2.04 bits per heavy atom. The SMILES string of the molecule is COC(=O)c1ccc([C@H]2CCCNC2)cc1F.O=COCc1ccccc1. The minimum Gasteiger partial charge on any atom is -0.465 e. The van der Waals surface area contributed by atoms with Crippen molar-refractivity contribution in [3.05, 3.63) is 71.0 Å². The molecule has 0 amide bonds. The van der Waals surface area contributed by atoms with Crippen LogP contribution in [0.15, 0.2) is 48.5 Å². The molecular weight excluding hydrogens is 349 g/mol. The van der Waals surface area contributed by atoms with E-state index in [2.05, 4.69) is 14.8 Å². The van der Waals surface area contributed by atoms with Gasteiger partial charge in [0.15, 0.2) is 0 Å². The van der Waals surface area contributed by atoms with Gasteiger partial charge in [-0.25, -0.2) is 9.18 Å². The van der Waals surface area contributed by atoms with Gasteiger partial charge < -0.3 is 14.8 Å². The van der Waals surface area contributed by atoms with Gasteiger partial charge in [0.25, 0.3) is 6.47 Å². The second-order valence-electron chi connectivity index (χ2n) is 6.17. The Morgan fingerprint density at radius 1 is 1.26 bits per heavy atom. The van der Waals surface area contributed by atoms with Crippen LogP contribution in [-0.2, 0) is 20.9 Å². The van der Waals surface area contributed by atoms with Crippen molar-refractivity contribution in [3.8, 4) is 0 Å². The van der Waals surface area contributed by atoms with Crippen LogP contribution in [0, 0.1) is 5.82 Å². The summed E-state index contributed by atoms with van der Waals surface area (Å²) in [6.07, 6.45) is 2.16. The zero-order chi connectivity index (χ0) is 19.5. The van der Waals surface area contributed by atoms with Crippen LogP contribution in [-0.4, -0.2) is 32.6 Å². The van der Waals surface area contributed by atoms with Gasteiger partial charge in [-0.1, -0.05) is 36.4 Å². The van der Waals surface area contributed by atoms with Crippen molar-refractivity contribution in [2.24, 2.45) is 0 Å². The molecule has 2 aromatic rings. The maximum atomic E-state index is 13.7. The molecule has 144 valence electrons. The highest BCUT2D eigenvalue weighted by molar-refractivity contribution is 5.89. The topological polar surface area (TPSA) is 64.6 Å². The van der Waals surface area contributed by atoms with Gasteiger partial charge in [0, 0.05) is 6.54 Å². The number of carbonyl (C=O) groups is 2. The molecule has 2 aromatic carbocycles. The van der Waals surface area contributed by atoms with Gasteiger partial charge in [0.1, 0.15) is 12.4 Å². The van der Waals surface area contributed by atoms with Crippen LogP contribution in [0.1, 0.15) is 40.2 Å². The summed E-state index contributed by atoms with van der Waals surface area (Å²) in [6, 6.07) is 14.3. The summed E-state index contributed by atoms with van der Waals surface area (Å²) in [5.74, 6) is -0.791. The third kappa shape index (κ3) is 6.49. The fourth-order valence-corrected chi connectivity index (χ4v) is 2.90. The van der Waals surface area contributed by atoms with E-state index in [0.29, 0.717) is 19.0 Å². The molecule has 27 heavy (non-hydrogen) atoms. The average molecular weight is 373 g/mol. The molecule has 0 radical (unpaired) electrons. The third-order valence-corrected chi connectivity index (χ3v) is 4.33. The lowest BCUT2D eigenvalue weighted by Crippen LogP contribution is -2.28. The molecule has 1 N–H and O–H groups in total. The predicted octanol–water partition coefficient (Wildman–Crippen LogP) is 3.44. The Bertz CT molecular complexity index is 730. The highest BCUT2D eigenvalue weighted by Crippen LogP contribution is 2.25. The first kappa shape index (κ1) is 20.6. The first-order valence-corrected chi connectivity index (χ1v) is 8.83. The molecule has 1 fully saturated rings. The van der Waals surface area contributed by atoms with Gasteiger partial charge in [-0.2, -0.15) is 0 Å². The molecule has 0 aliphatic carbocycles. The summed E-state index contributed by atoms with van der Waals surface area (Å²) in [4.78, 5) is 21.0. The summed E-state index contributed by atoms with van der Waals surface area (Å²) >= 11 is 0. The minimum atomic E-state index is -0.629. The first-order valence-electron chi connectivity index (χ1n) is 8.83. The van der Waals surface area contributed by atoms with E-state index < -0.39 is 11.8 Å². The quantitative estimate of drug-likeness (QED) is 0.642. The summed E-state index contributed by atoms with van der Waals surface area (Å²) in [6.45, 7) is 2.72. The lowest BCUT2D eigenvalue weighted by Gasteiger charge is -2.23. The molecule has 0 unspecified atom stereocenters. The molecule has 3 rings (SSSR count). The largest absolute Gasteiger partial charge is 0.465 e. The number of carbonyl (C=O) groups excluding carboxylic acids is 2. The third-order valence-electron chi connectivity index (χ3n) is 4.33. The average Bonchev–Trinajstić information content (AvgIpc) is 2.73. The highest BCUT2D eigenvalue weighted by Gasteiger charge is 2.18. The lowest BCUT2D eigenvalue weighted by molar-refractivity contribution is -0.129. The van der Waals surface area contributed by atoms with E-state index in [1.807, 2.05) is 36.4 Å². The van der Waals surface area contributed by atoms with Crippen LogP contribution < -0.4 is 5.32 Å². The van der Waals surface area contributed by atoms with E-state index in [1.165, 1.54) is 19.2 Å². The molecule has 1 aliphatic rings. The Kier molecular flexibility index (Phi) is 8.45. The maximum Gasteiger partial charge on any atom is 0.340 e. The number of halogens is 1. The van der Waals surface area contributed by atoms with Crippen LogP contribution in [0.25, 0.3) is 0 Å². The number of hydrogen-bond acceptors (Lipinski definition) is 5. The first-order chi connectivity index (χ1) is 13.2. The minimum absolute atomic E-state index is 0.0000172. The zero-order valence-electron chi connectivity index (χ0n) is 15.3. The van der Waals surface area contributed by atoms with E-state index in [-0.39, 0.29) is 5.56 Å². The van der Waals surface area contributed by atoms with Crippen molar-refractivity contribution in [2.45, 2.75) is 25.4 Å². The standard InChI is InChI=1S/C13H16FNO2.C8H8O2/c1-17-13(16)11-5-4-9(7-12(11)14)10-3-2-6-15-8-10;9-7-10-6-8-4-2-1-3-5-8/h4-5,7,10,15H,2-3,6,8H2,1H3;1-5,7H,6H2/t10-;/m0./s1. The molecule has 1 saturated heterocycles. The van der Waals surface area contributed by atoms with Crippen LogP contribution in [0.3, 0.4) is 0 Å². The number of benzene rings is 2. The Hall–Kier alpha value is -2.73. The number of nitrogens with one attached hydrogen (secondary N) is 1. The molecular formula is C21H24FNO4. The normalized spacial score (nSPS) is 15.9. The van der Waals surface area contributed by atoms with Gasteiger partial charge in [-0.15, -0.1) is 0 Å². The number of piperidine rings is 1. The van der Waals surface area contributed by atoms with E-state index in [9.17, 15) is 14.0 Å². The maximum absolute atomic E-state index is 13.7. The van der Waals surface area contributed by atoms with E-state index in [4.69, 9.17) is 0 Å². The summed E-state index contributed by atoms with van der Waals surface area (Å²) < 4.78 is 22.8. The second-order valence-corrected chi connectivity index (χ2v) is 6.17. The van der Waals surface area contributed by atoms with Crippen molar-refractivity contribution in [1.29, 1.82) is 0 Å².